The van der Waals surface area contributed by atoms with Gasteiger partial charge in [-0.2, -0.15) is 0 Å². The molecular weight excluding hydrogens is 288 g/mol. The molecular formula is C15H24N2O3S. The van der Waals surface area contributed by atoms with Crippen LogP contribution in [0.5, 0.6) is 5.75 Å². The Kier molecular flexibility index (Phi) is 5.61. The van der Waals surface area contributed by atoms with Crippen molar-refractivity contribution in [2.45, 2.75) is 44.0 Å². The van der Waals surface area contributed by atoms with Crippen LogP contribution in [0.15, 0.2) is 23.1 Å². The second-order valence-electron chi connectivity index (χ2n) is 5.38. The highest BCUT2D eigenvalue weighted by atomic mass is 32.2. The van der Waals surface area contributed by atoms with Crippen LogP contribution in [-0.4, -0.2) is 34.2 Å². The maximum absolute atomic E-state index is 12.5. The molecule has 0 saturated carbocycles. The van der Waals surface area contributed by atoms with Crippen molar-refractivity contribution in [3.05, 3.63) is 23.8 Å². The Labute approximate surface area is 127 Å². The van der Waals surface area contributed by atoms with E-state index >= 15 is 0 Å². The molecule has 1 atom stereocenters. The Hall–Kier alpha value is -1.11. The molecule has 0 radical (unpaired) electrons. The van der Waals surface area contributed by atoms with E-state index in [1.165, 1.54) is 0 Å². The topological polar surface area (TPSA) is 67.4 Å². The van der Waals surface area contributed by atoms with E-state index in [-0.39, 0.29) is 6.04 Å². The lowest BCUT2D eigenvalue weighted by Crippen LogP contribution is -2.40. The lowest BCUT2D eigenvalue weighted by atomic mass is 10.2. The third kappa shape index (κ3) is 4.43. The molecule has 1 aromatic carbocycles. The van der Waals surface area contributed by atoms with Crippen LogP contribution in [-0.2, 0) is 10.0 Å². The summed E-state index contributed by atoms with van der Waals surface area (Å²) in [6.07, 6.45) is 3.02. The van der Waals surface area contributed by atoms with E-state index in [1.54, 1.807) is 18.2 Å². The standard InChI is InChI=1S/C15H24N2O3S/c1-3-20-15-8-7-14(10-12(15)2)21(18,19)17-13-6-4-5-9-16-11-13/h7-8,10,13,16-17H,3-6,9,11H2,1-2H3. The Bertz CT molecular complexity index is 564. The minimum Gasteiger partial charge on any atom is -0.494 e. The zero-order chi connectivity index (χ0) is 15.3. The number of ether oxygens (including phenoxy) is 1. The Morgan fingerprint density at radius 3 is 2.90 bits per heavy atom. The first kappa shape index (κ1) is 16.3. The van der Waals surface area contributed by atoms with Crippen molar-refractivity contribution in [1.82, 2.24) is 10.0 Å². The van der Waals surface area contributed by atoms with Crippen LogP contribution in [0.3, 0.4) is 0 Å². The van der Waals surface area contributed by atoms with Crippen LogP contribution in [0.2, 0.25) is 0 Å². The molecule has 1 fully saturated rings. The zero-order valence-corrected chi connectivity index (χ0v) is 13.5. The average molecular weight is 312 g/mol. The molecule has 5 nitrogen and oxygen atoms in total. The van der Waals surface area contributed by atoms with Gasteiger partial charge in [0.1, 0.15) is 5.75 Å². The molecule has 0 spiro atoms. The van der Waals surface area contributed by atoms with Gasteiger partial charge in [-0.3, -0.25) is 0 Å². The molecule has 2 rings (SSSR count). The summed E-state index contributed by atoms with van der Waals surface area (Å²) >= 11 is 0. The highest BCUT2D eigenvalue weighted by molar-refractivity contribution is 7.89. The van der Waals surface area contributed by atoms with Crippen molar-refractivity contribution in [3.63, 3.8) is 0 Å². The summed E-state index contributed by atoms with van der Waals surface area (Å²) in [5, 5.41) is 3.26. The SMILES string of the molecule is CCOc1ccc(S(=O)(=O)NC2CCCCNC2)cc1C. The van der Waals surface area contributed by atoms with E-state index in [2.05, 4.69) is 10.0 Å². The van der Waals surface area contributed by atoms with Gasteiger partial charge in [0.25, 0.3) is 0 Å². The van der Waals surface area contributed by atoms with Gasteiger partial charge in [-0.05, 0) is 57.0 Å². The molecule has 1 saturated heterocycles. The first-order valence-corrected chi connectivity index (χ1v) is 8.97. The fourth-order valence-corrected chi connectivity index (χ4v) is 3.87. The predicted molar refractivity (Wildman–Crippen MR) is 83.2 cm³/mol. The molecule has 1 aromatic rings. The molecule has 1 heterocycles. The minimum absolute atomic E-state index is 0.0376. The quantitative estimate of drug-likeness (QED) is 0.870. The maximum atomic E-state index is 12.5. The van der Waals surface area contributed by atoms with Crippen LogP contribution in [0, 0.1) is 6.92 Å². The fraction of sp³-hybridized carbons (Fsp3) is 0.600. The number of rotatable bonds is 5. The Balaban J connectivity index is 2.13. The lowest BCUT2D eigenvalue weighted by Gasteiger charge is -2.17. The molecule has 0 aliphatic carbocycles. The largest absolute Gasteiger partial charge is 0.494 e. The zero-order valence-electron chi connectivity index (χ0n) is 12.7. The molecule has 1 unspecified atom stereocenters. The van der Waals surface area contributed by atoms with Crippen molar-refractivity contribution in [1.29, 1.82) is 0 Å². The Morgan fingerprint density at radius 2 is 2.19 bits per heavy atom. The van der Waals surface area contributed by atoms with Gasteiger partial charge in [0, 0.05) is 12.6 Å². The minimum atomic E-state index is -3.48. The second kappa shape index (κ2) is 7.24. The van der Waals surface area contributed by atoms with E-state index < -0.39 is 10.0 Å². The molecule has 118 valence electrons. The third-order valence-corrected chi connectivity index (χ3v) is 5.14. The Morgan fingerprint density at radius 1 is 1.38 bits per heavy atom. The predicted octanol–water partition coefficient (Wildman–Crippen LogP) is 1.81. The third-order valence-electron chi connectivity index (χ3n) is 3.63. The van der Waals surface area contributed by atoms with E-state index in [1.807, 2.05) is 13.8 Å². The highest BCUT2D eigenvalue weighted by Crippen LogP contribution is 2.22. The summed E-state index contributed by atoms with van der Waals surface area (Å²) in [5.74, 6) is 0.729. The molecule has 0 bridgehead atoms. The van der Waals surface area contributed by atoms with E-state index in [9.17, 15) is 8.42 Å². The van der Waals surface area contributed by atoms with Gasteiger partial charge in [0.05, 0.1) is 11.5 Å². The van der Waals surface area contributed by atoms with Crippen molar-refractivity contribution >= 4 is 10.0 Å². The second-order valence-corrected chi connectivity index (χ2v) is 7.09. The van der Waals surface area contributed by atoms with E-state index in [0.717, 1.165) is 37.1 Å². The van der Waals surface area contributed by atoms with Crippen molar-refractivity contribution in [2.24, 2.45) is 0 Å². The number of nitrogens with one attached hydrogen (secondary N) is 2. The van der Waals surface area contributed by atoms with Gasteiger partial charge in [-0.1, -0.05) is 6.42 Å². The average Bonchev–Trinajstić information content (AvgIpc) is 2.69. The molecule has 2 N–H and O–H groups in total. The fourth-order valence-electron chi connectivity index (χ4n) is 2.51. The van der Waals surface area contributed by atoms with Gasteiger partial charge in [-0.25, -0.2) is 13.1 Å². The van der Waals surface area contributed by atoms with Crippen LogP contribution in [0.1, 0.15) is 31.7 Å². The number of benzene rings is 1. The summed E-state index contributed by atoms with van der Waals surface area (Å²) in [7, 11) is -3.48. The van der Waals surface area contributed by atoms with E-state index in [0.29, 0.717) is 18.0 Å². The van der Waals surface area contributed by atoms with Gasteiger partial charge in [0.15, 0.2) is 0 Å². The van der Waals surface area contributed by atoms with Crippen molar-refractivity contribution in [2.75, 3.05) is 19.7 Å². The lowest BCUT2D eigenvalue weighted by molar-refractivity contribution is 0.337. The van der Waals surface area contributed by atoms with Gasteiger partial charge in [0.2, 0.25) is 10.0 Å². The first-order chi connectivity index (χ1) is 10.0. The smallest absolute Gasteiger partial charge is 0.240 e. The molecule has 0 aromatic heterocycles. The maximum Gasteiger partial charge on any atom is 0.240 e. The van der Waals surface area contributed by atoms with Gasteiger partial charge < -0.3 is 10.1 Å². The monoisotopic (exact) mass is 312 g/mol. The molecule has 1 aliphatic rings. The van der Waals surface area contributed by atoms with Crippen molar-refractivity contribution < 1.29 is 13.2 Å². The molecule has 6 heteroatoms. The number of sulfonamides is 1. The molecule has 1 aliphatic heterocycles. The van der Waals surface area contributed by atoms with E-state index in [4.69, 9.17) is 4.74 Å². The van der Waals surface area contributed by atoms with Crippen LogP contribution in [0.4, 0.5) is 0 Å². The van der Waals surface area contributed by atoms with Crippen LogP contribution >= 0.6 is 0 Å². The molecule has 21 heavy (non-hydrogen) atoms. The summed E-state index contributed by atoms with van der Waals surface area (Å²) in [5.41, 5.74) is 0.832. The highest BCUT2D eigenvalue weighted by Gasteiger charge is 2.21. The van der Waals surface area contributed by atoms with Crippen LogP contribution < -0.4 is 14.8 Å². The number of hydrogen-bond donors (Lipinski definition) is 2. The summed E-state index contributed by atoms with van der Waals surface area (Å²) in [6, 6.07) is 4.95. The summed E-state index contributed by atoms with van der Waals surface area (Å²) < 4.78 is 33.2. The molecule has 0 amide bonds. The number of hydrogen-bond acceptors (Lipinski definition) is 4. The summed E-state index contributed by atoms with van der Waals surface area (Å²) in [6.45, 7) is 5.98. The van der Waals surface area contributed by atoms with Gasteiger partial charge >= 0.3 is 0 Å². The normalized spacial score (nSPS) is 20.0. The first-order valence-electron chi connectivity index (χ1n) is 7.49. The van der Waals surface area contributed by atoms with Gasteiger partial charge in [-0.15, -0.1) is 0 Å². The van der Waals surface area contributed by atoms with Crippen LogP contribution in [0.25, 0.3) is 0 Å². The van der Waals surface area contributed by atoms with Crippen molar-refractivity contribution in [3.8, 4) is 5.75 Å². The summed E-state index contributed by atoms with van der Waals surface area (Å²) in [4.78, 5) is 0.299. The number of aryl methyl sites for hydroxylation is 1.